The van der Waals surface area contributed by atoms with Crippen molar-refractivity contribution in [1.82, 2.24) is 4.90 Å². The van der Waals surface area contributed by atoms with E-state index < -0.39 is 0 Å². The van der Waals surface area contributed by atoms with Gasteiger partial charge in [-0.2, -0.15) is 0 Å². The molecule has 3 nitrogen and oxygen atoms in total. The number of hydrogen-bond acceptors (Lipinski definition) is 3. The maximum absolute atomic E-state index is 12.1. The average molecular weight is 294 g/mol. The van der Waals surface area contributed by atoms with Crippen molar-refractivity contribution >= 4 is 5.69 Å². The molecule has 1 fully saturated rings. The second-order valence-corrected chi connectivity index (χ2v) is 5.91. The Hall–Kier alpha value is -2.13. The fraction of sp³-hybridized carbons (Fsp3) is 0.316. The lowest BCUT2D eigenvalue weighted by atomic mass is 10.1. The van der Waals surface area contributed by atoms with E-state index >= 15 is 0 Å². The zero-order valence-electron chi connectivity index (χ0n) is 13.0. The number of nitrogens with zero attached hydrogens (tertiary/aromatic N) is 2. The molecule has 3 heteroatoms. The molecule has 0 saturated carbocycles. The lowest BCUT2D eigenvalue weighted by Gasteiger charge is -2.35. The van der Waals surface area contributed by atoms with Gasteiger partial charge < -0.3 is 4.90 Å². The first-order valence-electron chi connectivity index (χ1n) is 7.84. The van der Waals surface area contributed by atoms with E-state index in [1.807, 2.05) is 18.2 Å². The van der Waals surface area contributed by atoms with Gasteiger partial charge in [0.05, 0.1) is 5.69 Å². The van der Waals surface area contributed by atoms with Crippen molar-refractivity contribution in [3.8, 4) is 0 Å². The van der Waals surface area contributed by atoms with Gasteiger partial charge in [0.2, 0.25) is 5.43 Å². The maximum Gasteiger partial charge on any atom is 0.201 e. The molecule has 114 valence electrons. The molecule has 0 spiro atoms. The third-order valence-corrected chi connectivity index (χ3v) is 4.18. The van der Waals surface area contributed by atoms with Crippen LogP contribution >= 0.6 is 0 Å². The minimum Gasteiger partial charge on any atom is -0.366 e. The molecule has 3 rings (SSSR count). The maximum atomic E-state index is 12.1. The zero-order valence-corrected chi connectivity index (χ0v) is 13.0. The molecule has 0 amide bonds. The molecule has 0 atom stereocenters. The predicted octanol–water partition coefficient (Wildman–Crippen LogP) is 2.68. The van der Waals surface area contributed by atoms with Gasteiger partial charge in [-0.25, -0.2) is 0 Å². The number of benzene rings is 1. The number of rotatable bonds is 3. The Balaban J connectivity index is 1.63. The molecular formula is C19H22N2O. The third kappa shape index (κ3) is 3.55. The number of aryl methyl sites for hydroxylation is 1. The standard InChI is InChI=1S/C19H22N2O/c1-16-6-5-7-17(14-16)15-20-10-12-21(13-11-20)18-8-3-2-4-9-19(18)22/h2-9,14H,10-13,15H2,1H3. The van der Waals surface area contributed by atoms with Crippen molar-refractivity contribution in [2.75, 3.05) is 31.1 Å². The molecule has 1 saturated heterocycles. The lowest BCUT2D eigenvalue weighted by molar-refractivity contribution is 0.249. The van der Waals surface area contributed by atoms with Crippen LogP contribution in [0.1, 0.15) is 11.1 Å². The molecule has 1 aliphatic heterocycles. The van der Waals surface area contributed by atoms with E-state index in [2.05, 4.69) is 41.0 Å². The second-order valence-electron chi connectivity index (χ2n) is 5.91. The molecule has 2 aromatic carbocycles. The first-order valence-corrected chi connectivity index (χ1v) is 7.84. The Morgan fingerprint density at radius 2 is 1.68 bits per heavy atom. The van der Waals surface area contributed by atoms with Crippen LogP contribution in [0.15, 0.2) is 59.4 Å². The molecule has 0 N–H and O–H groups in total. The van der Waals surface area contributed by atoms with Gasteiger partial charge in [0.1, 0.15) is 0 Å². The fourth-order valence-corrected chi connectivity index (χ4v) is 3.00. The van der Waals surface area contributed by atoms with Crippen LogP contribution in [-0.2, 0) is 6.54 Å². The van der Waals surface area contributed by atoms with Gasteiger partial charge in [-0.3, -0.25) is 9.69 Å². The Labute approximate surface area is 131 Å². The molecule has 22 heavy (non-hydrogen) atoms. The smallest absolute Gasteiger partial charge is 0.201 e. The molecule has 2 aromatic rings. The minimum atomic E-state index is 0.108. The van der Waals surface area contributed by atoms with Crippen LogP contribution in [0.5, 0.6) is 0 Å². The Kier molecular flexibility index (Phi) is 4.54. The van der Waals surface area contributed by atoms with E-state index in [1.165, 1.54) is 11.1 Å². The van der Waals surface area contributed by atoms with E-state index in [0.29, 0.717) is 0 Å². The summed E-state index contributed by atoms with van der Waals surface area (Å²) in [4.78, 5) is 16.7. The van der Waals surface area contributed by atoms with Crippen LogP contribution in [0.25, 0.3) is 0 Å². The van der Waals surface area contributed by atoms with E-state index in [-0.39, 0.29) is 5.43 Å². The highest BCUT2D eigenvalue weighted by Crippen LogP contribution is 2.14. The van der Waals surface area contributed by atoms with E-state index in [4.69, 9.17) is 0 Å². The summed E-state index contributed by atoms with van der Waals surface area (Å²) in [7, 11) is 0. The first-order chi connectivity index (χ1) is 10.7. The van der Waals surface area contributed by atoms with Crippen molar-refractivity contribution in [2.45, 2.75) is 13.5 Å². The summed E-state index contributed by atoms with van der Waals surface area (Å²) in [6.45, 7) is 6.92. The van der Waals surface area contributed by atoms with Crippen LogP contribution in [0.4, 0.5) is 5.69 Å². The van der Waals surface area contributed by atoms with Crippen LogP contribution in [-0.4, -0.2) is 31.1 Å². The Bertz CT molecular complexity index is 691. The van der Waals surface area contributed by atoms with Gasteiger partial charge in [-0.15, -0.1) is 0 Å². The van der Waals surface area contributed by atoms with Crippen LogP contribution in [0.3, 0.4) is 0 Å². The van der Waals surface area contributed by atoms with E-state index in [0.717, 1.165) is 38.4 Å². The number of piperazine rings is 1. The summed E-state index contributed by atoms with van der Waals surface area (Å²) in [5, 5.41) is 0. The number of hydrogen-bond donors (Lipinski definition) is 0. The summed E-state index contributed by atoms with van der Waals surface area (Å²) in [6, 6.07) is 17.9. The lowest BCUT2D eigenvalue weighted by Crippen LogP contribution is -2.47. The number of anilines is 1. The quantitative estimate of drug-likeness (QED) is 0.869. The van der Waals surface area contributed by atoms with Gasteiger partial charge in [0.25, 0.3) is 0 Å². The molecule has 0 aromatic heterocycles. The third-order valence-electron chi connectivity index (χ3n) is 4.18. The predicted molar refractivity (Wildman–Crippen MR) is 91.4 cm³/mol. The molecule has 0 aliphatic carbocycles. The van der Waals surface area contributed by atoms with Crippen LogP contribution in [0.2, 0.25) is 0 Å². The van der Waals surface area contributed by atoms with Crippen LogP contribution < -0.4 is 10.3 Å². The van der Waals surface area contributed by atoms with Gasteiger partial charge in [-0.1, -0.05) is 48.0 Å². The van der Waals surface area contributed by atoms with E-state index in [9.17, 15) is 4.79 Å². The Morgan fingerprint density at radius 3 is 2.45 bits per heavy atom. The topological polar surface area (TPSA) is 23.6 Å². The normalized spacial score (nSPS) is 15.8. The van der Waals surface area contributed by atoms with Gasteiger partial charge in [0, 0.05) is 32.7 Å². The van der Waals surface area contributed by atoms with Gasteiger partial charge >= 0.3 is 0 Å². The van der Waals surface area contributed by atoms with Crippen molar-refractivity contribution in [1.29, 1.82) is 0 Å². The molecule has 1 aliphatic rings. The van der Waals surface area contributed by atoms with Crippen molar-refractivity contribution in [3.05, 3.63) is 75.9 Å². The molecule has 0 bridgehead atoms. The minimum absolute atomic E-state index is 0.108. The molecule has 0 radical (unpaired) electrons. The highest BCUT2D eigenvalue weighted by molar-refractivity contribution is 5.45. The first kappa shape index (κ1) is 14.8. The van der Waals surface area contributed by atoms with Gasteiger partial charge in [0.15, 0.2) is 0 Å². The summed E-state index contributed by atoms with van der Waals surface area (Å²) in [5.41, 5.74) is 3.60. The zero-order chi connectivity index (χ0) is 15.4. The monoisotopic (exact) mass is 294 g/mol. The highest BCUT2D eigenvalue weighted by atomic mass is 16.1. The van der Waals surface area contributed by atoms with Crippen LogP contribution in [0, 0.1) is 6.92 Å². The van der Waals surface area contributed by atoms with Crippen molar-refractivity contribution in [2.24, 2.45) is 0 Å². The van der Waals surface area contributed by atoms with Gasteiger partial charge in [-0.05, 0) is 24.6 Å². The second kappa shape index (κ2) is 6.75. The molecular weight excluding hydrogens is 272 g/mol. The highest BCUT2D eigenvalue weighted by Gasteiger charge is 2.18. The molecule has 1 heterocycles. The largest absolute Gasteiger partial charge is 0.366 e. The summed E-state index contributed by atoms with van der Waals surface area (Å²) >= 11 is 0. The Morgan fingerprint density at radius 1 is 0.909 bits per heavy atom. The molecule has 0 unspecified atom stereocenters. The summed E-state index contributed by atoms with van der Waals surface area (Å²) in [5.74, 6) is 0. The summed E-state index contributed by atoms with van der Waals surface area (Å²) in [6.07, 6.45) is 0. The fourth-order valence-electron chi connectivity index (χ4n) is 3.00. The summed E-state index contributed by atoms with van der Waals surface area (Å²) < 4.78 is 0. The SMILES string of the molecule is Cc1cccc(CN2CCN(c3cccccc3=O)CC2)c1. The van der Waals surface area contributed by atoms with Crippen molar-refractivity contribution < 1.29 is 0 Å². The average Bonchev–Trinajstić information content (AvgIpc) is 2.73. The van der Waals surface area contributed by atoms with E-state index in [1.54, 1.807) is 12.1 Å². The van der Waals surface area contributed by atoms with Crippen molar-refractivity contribution in [3.63, 3.8) is 0 Å².